The monoisotopic (exact) mass is 380 g/mol. The summed E-state index contributed by atoms with van der Waals surface area (Å²) in [5, 5.41) is 0. The molecule has 0 aliphatic rings. The van der Waals surface area contributed by atoms with Crippen molar-refractivity contribution >= 4 is 49.0 Å². The van der Waals surface area contributed by atoms with Crippen LogP contribution in [-0.4, -0.2) is 14.5 Å². The van der Waals surface area contributed by atoms with Crippen molar-refractivity contribution in [1.29, 1.82) is 0 Å². The van der Waals surface area contributed by atoms with E-state index in [1.807, 2.05) is 35.8 Å². The second-order valence-electron chi connectivity index (χ2n) is 4.18. The summed E-state index contributed by atoms with van der Waals surface area (Å²) in [4.78, 5) is 8.81. The molecule has 19 heavy (non-hydrogen) atoms. The summed E-state index contributed by atoms with van der Waals surface area (Å²) in [5.74, 6) is 0.421. The van der Waals surface area contributed by atoms with E-state index >= 15 is 0 Å². The summed E-state index contributed by atoms with van der Waals surface area (Å²) in [6.07, 6.45) is 1.76. The first-order valence-electron chi connectivity index (χ1n) is 5.63. The number of nitrogens with two attached hydrogens (primary N) is 1. The first kappa shape index (κ1) is 12.6. The zero-order valence-electron chi connectivity index (χ0n) is 10.1. The van der Waals surface area contributed by atoms with Gasteiger partial charge in [-0.05, 0) is 62.5 Å². The highest BCUT2D eigenvalue weighted by Crippen LogP contribution is 2.33. The van der Waals surface area contributed by atoms with Crippen molar-refractivity contribution in [3.8, 4) is 5.69 Å². The van der Waals surface area contributed by atoms with Gasteiger partial charge in [0.25, 0.3) is 0 Å². The molecule has 2 aromatic heterocycles. The number of nitrogens with zero attached hydrogens (tertiary/aromatic N) is 3. The van der Waals surface area contributed by atoms with E-state index in [1.165, 1.54) is 0 Å². The van der Waals surface area contributed by atoms with Gasteiger partial charge in [-0.15, -0.1) is 0 Å². The zero-order valence-corrected chi connectivity index (χ0v) is 13.2. The molecule has 0 amide bonds. The molecule has 0 aliphatic carbocycles. The number of imidazole rings is 1. The van der Waals surface area contributed by atoms with Gasteiger partial charge < -0.3 is 5.73 Å². The number of pyridine rings is 1. The summed E-state index contributed by atoms with van der Waals surface area (Å²) in [6, 6.07) is 7.79. The van der Waals surface area contributed by atoms with Gasteiger partial charge in [0.2, 0.25) is 5.95 Å². The van der Waals surface area contributed by atoms with Crippen LogP contribution in [0.4, 0.5) is 5.95 Å². The van der Waals surface area contributed by atoms with Crippen LogP contribution in [0.5, 0.6) is 0 Å². The molecule has 0 radical (unpaired) electrons. The van der Waals surface area contributed by atoms with E-state index in [4.69, 9.17) is 5.73 Å². The number of hydrogen-bond acceptors (Lipinski definition) is 3. The lowest BCUT2D eigenvalue weighted by atomic mass is 10.2. The Morgan fingerprint density at radius 2 is 1.84 bits per heavy atom. The molecule has 0 fully saturated rings. The third kappa shape index (κ3) is 1.95. The van der Waals surface area contributed by atoms with Crippen LogP contribution in [0.3, 0.4) is 0 Å². The molecular weight excluding hydrogens is 372 g/mol. The Bertz CT molecular complexity index is 759. The summed E-state index contributed by atoms with van der Waals surface area (Å²) in [5.41, 5.74) is 9.60. The average molecular weight is 382 g/mol. The molecule has 0 aliphatic heterocycles. The Kier molecular flexibility index (Phi) is 3.06. The maximum atomic E-state index is 6.06. The van der Waals surface area contributed by atoms with Crippen molar-refractivity contribution in [2.75, 3.05) is 5.73 Å². The van der Waals surface area contributed by atoms with Crippen LogP contribution in [0, 0.1) is 6.92 Å². The number of aryl methyl sites for hydroxylation is 1. The maximum Gasteiger partial charge on any atom is 0.207 e. The fraction of sp³-hybridized carbons (Fsp3) is 0.0769. The fourth-order valence-electron chi connectivity index (χ4n) is 2.03. The predicted molar refractivity (Wildman–Crippen MR) is 83.4 cm³/mol. The Morgan fingerprint density at radius 3 is 2.53 bits per heavy atom. The van der Waals surface area contributed by atoms with Gasteiger partial charge in [-0.3, -0.25) is 4.57 Å². The van der Waals surface area contributed by atoms with E-state index in [-0.39, 0.29) is 0 Å². The Labute approximate surface area is 126 Å². The molecule has 0 unspecified atom stereocenters. The number of nitrogen functional groups attached to an aromatic ring is 1. The van der Waals surface area contributed by atoms with Crippen molar-refractivity contribution in [1.82, 2.24) is 14.5 Å². The minimum atomic E-state index is 0.421. The van der Waals surface area contributed by atoms with Gasteiger partial charge in [-0.2, -0.15) is 0 Å². The minimum Gasteiger partial charge on any atom is -0.369 e. The van der Waals surface area contributed by atoms with Crippen LogP contribution in [0.1, 0.15) is 5.56 Å². The molecule has 4 nitrogen and oxygen atoms in total. The van der Waals surface area contributed by atoms with Gasteiger partial charge in [0.1, 0.15) is 5.52 Å². The molecule has 3 aromatic rings. The summed E-state index contributed by atoms with van der Waals surface area (Å²) in [6.45, 7) is 2.00. The quantitative estimate of drug-likeness (QED) is 0.696. The van der Waals surface area contributed by atoms with Gasteiger partial charge >= 0.3 is 0 Å². The number of halogens is 2. The molecule has 0 atom stereocenters. The average Bonchev–Trinajstić information content (AvgIpc) is 2.68. The fourth-order valence-corrected chi connectivity index (χ4v) is 3.39. The normalized spacial score (nSPS) is 11.1. The van der Waals surface area contributed by atoms with Gasteiger partial charge in [-0.25, -0.2) is 9.97 Å². The van der Waals surface area contributed by atoms with E-state index in [2.05, 4.69) is 41.8 Å². The molecule has 6 heteroatoms. The molecule has 1 aromatic carbocycles. The summed E-state index contributed by atoms with van der Waals surface area (Å²) < 4.78 is 3.70. The first-order valence-corrected chi connectivity index (χ1v) is 7.22. The lowest BCUT2D eigenvalue weighted by Gasteiger charge is -2.10. The van der Waals surface area contributed by atoms with Gasteiger partial charge in [0.05, 0.1) is 5.69 Å². The molecule has 2 N–H and O–H groups in total. The number of para-hydroxylation sites is 1. The second kappa shape index (κ2) is 4.61. The van der Waals surface area contributed by atoms with Crippen LogP contribution in [-0.2, 0) is 0 Å². The van der Waals surface area contributed by atoms with E-state index in [1.54, 1.807) is 6.20 Å². The van der Waals surface area contributed by atoms with Crippen molar-refractivity contribution in [3.05, 3.63) is 45.0 Å². The standard InChI is InChI=1S/C13H10Br2N4/c1-7-5-6-17-12-10(7)18-13(16)19(12)11-8(14)3-2-4-9(11)15/h2-6H,1H3,(H2,16,18). The van der Waals surface area contributed by atoms with Gasteiger partial charge in [-0.1, -0.05) is 6.07 Å². The van der Waals surface area contributed by atoms with Crippen LogP contribution >= 0.6 is 31.9 Å². The SMILES string of the molecule is Cc1ccnc2c1nc(N)n2-c1c(Br)cccc1Br. The predicted octanol–water partition coefficient (Wildman–Crippen LogP) is 3.84. The Hall–Kier alpha value is -1.40. The number of anilines is 1. The summed E-state index contributed by atoms with van der Waals surface area (Å²) in [7, 11) is 0. The van der Waals surface area contributed by atoms with Gasteiger partial charge in [0.15, 0.2) is 5.65 Å². The third-order valence-electron chi connectivity index (χ3n) is 2.94. The highest BCUT2D eigenvalue weighted by atomic mass is 79.9. The number of benzene rings is 1. The smallest absolute Gasteiger partial charge is 0.207 e. The molecule has 3 rings (SSSR count). The minimum absolute atomic E-state index is 0.421. The Morgan fingerprint density at radius 1 is 1.16 bits per heavy atom. The topological polar surface area (TPSA) is 56.7 Å². The van der Waals surface area contributed by atoms with Crippen molar-refractivity contribution < 1.29 is 0 Å². The second-order valence-corrected chi connectivity index (χ2v) is 5.88. The van der Waals surface area contributed by atoms with E-state index in [0.29, 0.717) is 5.95 Å². The molecule has 96 valence electrons. The van der Waals surface area contributed by atoms with E-state index in [0.717, 1.165) is 31.4 Å². The number of aromatic nitrogens is 3. The zero-order chi connectivity index (χ0) is 13.6. The lowest BCUT2D eigenvalue weighted by molar-refractivity contribution is 1.07. The molecule has 0 bridgehead atoms. The molecule has 0 spiro atoms. The van der Waals surface area contributed by atoms with E-state index < -0.39 is 0 Å². The van der Waals surface area contributed by atoms with Crippen molar-refractivity contribution in [2.24, 2.45) is 0 Å². The molecule has 2 heterocycles. The first-order chi connectivity index (χ1) is 9.09. The molecule has 0 saturated heterocycles. The highest BCUT2D eigenvalue weighted by Gasteiger charge is 2.16. The van der Waals surface area contributed by atoms with Crippen LogP contribution < -0.4 is 5.73 Å². The van der Waals surface area contributed by atoms with Crippen LogP contribution in [0.2, 0.25) is 0 Å². The third-order valence-corrected chi connectivity index (χ3v) is 4.21. The largest absolute Gasteiger partial charge is 0.369 e. The lowest BCUT2D eigenvalue weighted by Crippen LogP contribution is -2.03. The van der Waals surface area contributed by atoms with E-state index in [9.17, 15) is 0 Å². The van der Waals surface area contributed by atoms with Crippen molar-refractivity contribution in [2.45, 2.75) is 6.92 Å². The number of hydrogen-bond donors (Lipinski definition) is 1. The highest BCUT2D eigenvalue weighted by molar-refractivity contribution is 9.11. The maximum absolute atomic E-state index is 6.06. The summed E-state index contributed by atoms with van der Waals surface area (Å²) >= 11 is 7.09. The van der Waals surface area contributed by atoms with Gasteiger partial charge in [0, 0.05) is 15.1 Å². The molecular formula is C13H10Br2N4. The number of rotatable bonds is 1. The molecule has 0 saturated carbocycles. The Balaban J connectivity index is 2.44. The van der Waals surface area contributed by atoms with Crippen molar-refractivity contribution in [3.63, 3.8) is 0 Å². The van der Waals surface area contributed by atoms with Crippen LogP contribution in [0.25, 0.3) is 16.9 Å². The number of fused-ring (bicyclic) bond motifs is 1. The van der Waals surface area contributed by atoms with Crippen LogP contribution in [0.15, 0.2) is 39.4 Å².